The van der Waals surface area contributed by atoms with Crippen molar-refractivity contribution in [1.29, 1.82) is 0 Å². The maximum Gasteiger partial charge on any atom is 0.332 e. The Morgan fingerprint density at radius 3 is 1.79 bits per heavy atom. The molecule has 0 aliphatic rings. The molecule has 28 heavy (non-hydrogen) atoms. The van der Waals surface area contributed by atoms with Crippen LogP contribution in [-0.4, -0.2) is 62.8 Å². The van der Waals surface area contributed by atoms with E-state index in [-0.39, 0.29) is 18.0 Å². The van der Waals surface area contributed by atoms with E-state index < -0.39 is 0 Å². The average Bonchev–Trinajstić information content (AvgIpc) is 3.15. The normalized spacial score (nSPS) is 10.7. The fourth-order valence-corrected chi connectivity index (χ4v) is 2.80. The van der Waals surface area contributed by atoms with E-state index in [9.17, 15) is 9.59 Å². The SMILES string of the molecule is CCCCN(CCCC)C(=O)Nc1nncn1C(=O)N(CCCC)CCCC. The molecule has 0 fully saturated rings. The molecule has 160 valence electrons. The highest BCUT2D eigenvalue weighted by Gasteiger charge is 2.21. The third-order valence-corrected chi connectivity index (χ3v) is 4.66. The highest BCUT2D eigenvalue weighted by molar-refractivity contribution is 5.90. The summed E-state index contributed by atoms with van der Waals surface area (Å²) in [5.41, 5.74) is 0. The van der Waals surface area contributed by atoms with Crippen LogP contribution in [-0.2, 0) is 0 Å². The lowest BCUT2D eigenvalue weighted by Crippen LogP contribution is -2.39. The minimum atomic E-state index is -0.224. The highest BCUT2D eigenvalue weighted by Crippen LogP contribution is 2.10. The van der Waals surface area contributed by atoms with Crippen LogP contribution in [0.3, 0.4) is 0 Å². The van der Waals surface area contributed by atoms with E-state index in [1.165, 1.54) is 10.9 Å². The molecular formula is C20H38N6O2. The van der Waals surface area contributed by atoms with Gasteiger partial charge in [-0.2, -0.15) is 0 Å². The standard InChI is InChI=1S/C20H38N6O2/c1-5-9-13-24(14-10-6-2)19(27)22-18-23-21-17-26(18)20(28)25(15-11-7-3)16-12-8-4/h17H,5-16H2,1-4H3,(H,22,23,27). The number of rotatable bonds is 13. The predicted octanol–water partition coefficient (Wildman–Crippen LogP) is 4.58. The Balaban J connectivity index is 2.86. The number of hydrogen-bond acceptors (Lipinski definition) is 4. The summed E-state index contributed by atoms with van der Waals surface area (Å²) in [4.78, 5) is 29.3. The molecule has 0 saturated heterocycles. The van der Waals surface area contributed by atoms with Gasteiger partial charge in [-0.25, -0.2) is 14.2 Å². The first kappa shape index (κ1) is 23.9. The van der Waals surface area contributed by atoms with Gasteiger partial charge in [0.2, 0.25) is 5.95 Å². The van der Waals surface area contributed by atoms with Gasteiger partial charge in [-0.15, -0.1) is 10.2 Å². The Morgan fingerprint density at radius 1 is 0.857 bits per heavy atom. The van der Waals surface area contributed by atoms with Crippen molar-refractivity contribution >= 4 is 18.0 Å². The van der Waals surface area contributed by atoms with E-state index in [1.807, 2.05) is 4.90 Å². The van der Waals surface area contributed by atoms with Crippen molar-refractivity contribution in [2.75, 3.05) is 31.5 Å². The molecular weight excluding hydrogens is 356 g/mol. The maximum absolute atomic E-state index is 13.0. The monoisotopic (exact) mass is 394 g/mol. The van der Waals surface area contributed by atoms with Crippen molar-refractivity contribution in [3.8, 4) is 0 Å². The molecule has 0 spiro atoms. The molecule has 0 saturated carbocycles. The van der Waals surface area contributed by atoms with Crippen LogP contribution in [0.25, 0.3) is 0 Å². The minimum Gasteiger partial charge on any atom is -0.324 e. The largest absolute Gasteiger partial charge is 0.332 e. The molecule has 0 unspecified atom stereocenters. The number of nitrogens with one attached hydrogen (secondary N) is 1. The number of amides is 3. The predicted molar refractivity (Wildman–Crippen MR) is 113 cm³/mol. The van der Waals surface area contributed by atoms with E-state index in [2.05, 4.69) is 43.2 Å². The summed E-state index contributed by atoms with van der Waals surface area (Å²) >= 11 is 0. The smallest absolute Gasteiger partial charge is 0.324 e. The molecule has 0 aliphatic carbocycles. The first-order chi connectivity index (χ1) is 13.6. The van der Waals surface area contributed by atoms with Crippen molar-refractivity contribution in [1.82, 2.24) is 24.6 Å². The first-order valence-corrected chi connectivity index (χ1v) is 10.8. The highest BCUT2D eigenvalue weighted by atomic mass is 16.2. The molecule has 1 aromatic rings. The summed E-state index contributed by atoms with van der Waals surface area (Å²) in [6.07, 6.45) is 9.25. The van der Waals surface area contributed by atoms with Crippen molar-refractivity contribution in [2.45, 2.75) is 79.1 Å². The van der Waals surface area contributed by atoms with Crippen LogP contribution in [0.1, 0.15) is 79.1 Å². The lowest BCUT2D eigenvalue weighted by atomic mass is 10.3. The molecule has 0 bridgehead atoms. The molecule has 8 nitrogen and oxygen atoms in total. The Kier molecular flexibility index (Phi) is 11.9. The summed E-state index contributed by atoms with van der Waals surface area (Å²) < 4.78 is 1.35. The van der Waals surface area contributed by atoms with E-state index >= 15 is 0 Å². The Bertz CT molecular complexity index is 559. The van der Waals surface area contributed by atoms with Crippen LogP contribution in [0.2, 0.25) is 0 Å². The third kappa shape index (κ3) is 7.86. The summed E-state index contributed by atoms with van der Waals surface area (Å²) in [7, 11) is 0. The van der Waals surface area contributed by atoms with Gasteiger partial charge in [0.05, 0.1) is 0 Å². The molecule has 1 heterocycles. The van der Waals surface area contributed by atoms with E-state index in [4.69, 9.17) is 0 Å². The summed E-state index contributed by atoms with van der Waals surface area (Å²) in [6.45, 7) is 11.2. The third-order valence-electron chi connectivity index (χ3n) is 4.66. The molecule has 0 radical (unpaired) electrons. The quantitative estimate of drug-likeness (QED) is 0.531. The van der Waals surface area contributed by atoms with Crippen molar-refractivity contribution in [2.24, 2.45) is 0 Å². The molecule has 3 amide bonds. The minimum absolute atomic E-state index is 0.184. The second-order valence-corrected chi connectivity index (χ2v) is 7.13. The van der Waals surface area contributed by atoms with Gasteiger partial charge >= 0.3 is 12.1 Å². The molecule has 1 rings (SSSR count). The Labute approximate surface area is 169 Å². The van der Waals surface area contributed by atoms with Crippen molar-refractivity contribution in [3.05, 3.63) is 6.33 Å². The Hall–Kier alpha value is -2.12. The molecule has 0 aromatic carbocycles. The zero-order chi connectivity index (χ0) is 20.8. The van der Waals surface area contributed by atoms with E-state index in [0.717, 1.165) is 51.4 Å². The topological polar surface area (TPSA) is 83.4 Å². The van der Waals surface area contributed by atoms with Crippen LogP contribution >= 0.6 is 0 Å². The number of aromatic nitrogens is 3. The molecule has 1 aromatic heterocycles. The number of carbonyl (C=O) groups is 2. The van der Waals surface area contributed by atoms with Crippen LogP contribution in [0, 0.1) is 0 Å². The number of anilines is 1. The fraction of sp³-hybridized carbons (Fsp3) is 0.800. The van der Waals surface area contributed by atoms with Crippen LogP contribution in [0.15, 0.2) is 6.33 Å². The van der Waals surface area contributed by atoms with Gasteiger partial charge in [0, 0.05) is 26.2 Å². The average molecular weight is 395 g/mol. The van der Waals surface area contributed by atoms with Crippen molar-refractivity contribution in [3.63, 3.8) is 0 Å². The number of unbranched alkanes of at least 4 members (excludes halogenated alkanes) is 4. The van der Waals surface area contributed by atoms with Gasteiger partial charge in [0.15, 0.2) is 0 Å². The molecule has 1 N–H and O–H groups in total. The van der Waals surface area contributed by atoms with Gasteiger partial charge < -0.3 is 9.80 Å². The molecule has 0 aliphatic heterocycles. The van der Waals surface area contributed by atoms with Gasteiger partial charge in [0.25, 0.3) is 0 Å². The number of carbonyl (C=O) groups excluding carboxylic acids is 2. The number of nitrogens with zero attached hydrogens (tertiary/aromatic N) is 5. The second kappa shape index (κ2) is 14.0. The summed E-state index contributed by atoms with van der Waals surface area (Å²) in [5.74, 6) is 0.186. The van der Waals surface area contributed by atoms with Crippen LogP contribution < -0.4 is 5.32 Å². The van der Waals surface area contributed by atoms with Crippen LogP contribution in [0.4, 0.5) is 15.5 Å². The summed E-state index contributed by atoms with van der Waals surface area (Å²) in [5, 5.41) is 10.6. The van der Waals surface area contributed by atoms with Crippen LogP contribution in [0.5, 0.6) is 0 Å². The molecule has 0 atom stereocenters. The maximum atomic E-state index is 13.0. The van der Waals surface area contributed by atoms with Gasteiger partial charge in [-0.1, -0.05) is 53.4 Å². The van der Waals surface area contributed by atoms with Gasteiger partial charge in [0.1, 0.15) is 6.33 Å². The zero-order valence-electron chi connectivity index (χ0n) is 18.1. The fourth-order valence-electron chi connectivity index (χ4n) is 2.80. The second-order valence-electron chi connectivity index (χ2n) is 7.13. The number of hydrogen-bond donors (Lipinski definition) is 1. The number of urea groups is 1. The zero-order valence-corrected chi connectivity index (χ0v) is 18.1. The Morgan fingerprint density at radius 2 is 1.32 bits per heavy atom. The lowest BCUT2D eigenvalue weighted by molar-refractivity contribution is 0.197. The van der Waals surface area contributed by atoms with Gasteiger partial charge in [-0.05, 0) is 25.7 Å². The summed E-state index contributed by atoms with van der Waals surface area (Å²) in [6, 6.07) is -0.409. The first-order valence-electron chi connectivity index (χ1n) is 10.8. The van der Waals surface area contributed by atoms with Crippen molar-refractivity contribution < 1.29 is 9.59 Å². The molecule has 8 heteroatoms. The van der Waals surface area contributed by atoms with Gasteiger partial charge in [-0.3, -0.25) is 5.32 Å². The van der Waals surface area contributed by atoms with E-state index in [1.54, 1.807) is 4.90 Å². The van der Waals surface area contributed by atoms with E-state index in [0.29, 0.717) is 26.2 Å². The lowest BCUT2D eigenvalue weighted by Gasteiger charge is -2.24.